The lowest BCUT2D eigenvalue weighted by molar-refractivity contribution is -0.132. The second-order valence-corrected chi connectivity index (χ2v) is 8.99. The lowest BCUT2D eigenvalue weighted by atomic mass is 9.98. The molecule has 34 heavy (non-hydrogen) atoms. The van der Waals surface area contributed by atoms with Gasteiger partial charge < -0.3 is 20.3 Å². The van der Waals surface area contributed by atoms with Crippen LogP contribution in [0.4, 0.5) is 0 Å². The highest BCUT2D eigenvalue weighted by molar-refractivity contribution is 5.95. The van der Waals surface area contributed by atoms with Gasteiger partial charge in [0.05, 0.1) is 6.04 Å². The normalized spacial score (nSPS) is 21.2. The Morgan fingerprint density at radius 1 is 1.24 bits per heavy atom. The quantitative estimate of drug-likeness (QED) is 0.595. The second kappa shape index (κ2) is 9.84. The molecule has 3 N–H and O–H groups in total. The molecule has 1 atom stereocenters. The Labute approximate surface area is 199 Å². The number of ether oxygens (including phenoxy) is 1. The fourth-order valence-electron chi connectivity index (χ4n) is 5.04. The van der Waals surface area contributed by atoms with Gasteiger partial charge >= 0.3 is 0 Å². The fourth-order valence-corrected chi connectivity index (χ4v) is 5.04. The van der Waals surface area contributed by atoms with Crippen molar-refractivity contribution in [1.82, 2.24) is 20.2 Å². The summed E-state index contributed by atoms with van der Waals surface area (Å²) in [7, 11) is 0. The minimum absolute atomic E-state index is 0.0603. The van der Waals surface area contributed by atoms with Crippen LogP contribution in [0, 0.1) is 0 Å². The molecular formula is C24H31N7O3. The smallest absolute Gasteiger partial charge is 0.242 e. The topological polar surface area (TPSA) is 116 Å². The predicted octanol–water partition coefficient (Wildman–Crippen LogP) is 1.13. The molecule has 10 heteroatoms. The Kier molecular flexibility index (Phi) is 6.48. The molecule has 0 aliphatic carbocycles. The van der Waals surface area contributed by atoms with E-state index in [-0.39, 0.29) is 24.3 Å². The van der Waals surface area contributed by atoms with Gasteiger partial charge in [-0.3, -0.25) is 9.59 Å². The molecule has 0 spiro atoms. The van der Waals surface area contributed by atoms with E-state index in [2.05, 4.69) is 26.4 Å². The number of nitrogens with two attached hydrogens (primary N) is 1. The largest absolute Gasteiger partial charge is 0.491 e. The molecule has 180 valence electrons. The number of primary amides is 1. The number of hydrogen-bond acceptors (Lipinski definition) is 8. The molecule has 4 aliphatic heterocycles. The summed E-state index contributed by atoms with van der Waals surface area (Å²) in [6.07, 6.45) is 7.85. The maximum atomic E-state index is 12.7. The Morgan fingerprint density at radius 3 is 3.03 bits per heavy atom. The van der Waals surface area contributed by atoms with E-state index in [1.165, 1.54) is 5.56 Å². The molecule has 0 radical (unpaired) electrons. The van der Waals surface area contributed by atoms with Crippen LogP contribution in [0.3, 0.4) is 0 Å². The third-order valence-corrected chi connectivity index (χ3v) is 6.79. The molecule has 4 aliphatic rings. The molecular weight excluding hydrogens is 434 g/mol. The standard InChI is InChI=1S/C24H31N7O3/c25-21(32)7-2-8-23(33)29-13-10-17-4-1-6-20(19(17)14-29)34-15-18-5-3-12-30(18)22-9-11-26-24-27-16-28-31(22)24/h1,4,6,9,11,18,28H,2-3,5,7-8,10,12-16H2,(H2,25,32)/t18-/m1/s1. The van der Waals surface area contributed by atoms with Gasteiger partial charge in [0.1, 0.15) is 24.8 Å². The van der Waals surface area contributed by atoms with Gasteiger partial charge in [-0.05, 0) is 43.4 Å². The number of guanidine groups is 1. The molecule has 1 saturated heterocycles. The van der Waals surface area contributed by atoms with Crippen LogP contribution >= 0.6 is 0 Å². The van der Waals surface area contributed by atoms with Crippen LogP contribution in [0.5, 0.6) is 5.75 Å². The van der Waals surface area contributed by atoms with Gasteiger partial charge in [0.15, 0.2) is 0 Å². The molecule has 0 aromatic heterocycles. The highest BCUT2D eigenvalue weighted by Crippen LogP contribution is 2.31. The number of fused-ring (bicyclic) bond motifs is 2. The highest BCUT2D eigenvalue weighted by atomic mass is 16.5. The predicted molar refractivity (Wildman–Crippen MR) is 128 cm³/mol. The van der Waals surface area contributed by atoms with E-state index in [4.69, 9.17) is 10.5 Å². The van der Waals surface area contributed by atoms with Crippen LogP contribution in [-0.2, 0) is 22.6 Å². The zero-order valence-corrected chi connectivity index (χ0v) is 19.3. The van der Waals surface area contributed by atoms with Gasteiger partial charge in [0.2, 0.25) is 17.8 Å². The SMILES string of the molecule is NC(=O)CCCC(=O)N1CCc2cccc(OC[C@H]3CCCN3C3=CC=NC4=NCNN34)c2C1. The van der Waals surface area contributed by atoms with Gasteiger partial charge in [-0.2, -0.15) is 0 Å². The first-order valence-electron chi connectivity index (χ1n) is 12.0. The van der Waals surface area contributed by atoms with E-state index in [0.29, 0.717) is 45.2 Å². The molecule has 0 unspecified atom stereocenters. The average Bonchev–Trinajstić information content (AvgIpc) is 3.51. The van der Waals surface area contributed by atoms with Gasteiger partial charge in [-0.25, -0.2) is 20.4 Å². The maximum Gasteiger partial charge on any atom is 0.242 e. The van der Waals surface area contributed by atoms with Crippen LogP contribution in [0.15, 0.2) is 40.1 Å². The van der Waals surface area contributed by atoms with E-state index < -0.39 is 0 Å². The number of likely N-dealkylation sites (tertiary alicyclic amines) is 1. The number of rotatable bonds is 8. The van der Waals surface area contributed by atoms with Crippen LogP contribution < -0.4 is 15.9 Å². The molecule has 1 aromatic rings. The summed E-state index contributed by atoms with van der Waals surface area (Å²) in [5.41, 5.74) is 10.8. The number of nitrogens with zero attached hydrogens (tertiary/aromatic N) is 5. The van der Waals surface area contributed by atoms with Gasteiger partial charge in [0, 0.05) is 44.3 Å². The summed E-state index contributed by atoms with van der Waals surface area (Å²) >= 11 is 0. The Balaban J connectivity index is 1.23. The third kappa shape index (κ3) is 4.63. The number of benzene rings is 1. The average molecular weight is 466 g/mol. The van der Waals surface area contributed by atoms with E-state index in [0.717, 1.165) is 42.9 Å². The molecule has 0 bridgehead atoms. The Morgan fingerprint density at radius 2 is 2.15 bits per heavy atom. The highest BCUT2D eigenvalue weighted by Gasteiger charge is 2.34. The van der Waals surface area contributed by atoms with Gasteiger partial charge in [0.25, 0.3) is 0 Å². The minimum Gasteiger partial charge on any atom is -0.491 e. The minimum atomic E-state index is -0.367. The molecule has 0 saturated carbocycles. The second-order valence-electron chi connectivity index (χ2n) is 8.99. The van der Waals surface area contributed by atoms with Crippen LogP contribution in [0.2, 0.25) is 0 Å². The van der Waals surface area contributed by atoms with Crippen molar-refractivity contribution in [3.05, 3.63) is 41.2 Å². The monoisotopic (exact) mass is 465 g/mol. The summed E-state index contributed by atoms with van der Waals surface area (Å²) in [6, 6.07) is 6.39. The first-order chi connectivity index (χ1) is 16.6. The van der Waals surface area contributed by atoms with Crippen molar-refractivity contribution in [1.29, 1.82) is 0 Å². The Bertz CT molecular complexity index is 1050. The maximum absolute atomic E-state index is 12.7. The number of hydrazine groups is 1. The number of allylic oxidation sites excluding steroid dienone is 1. The molecule has 1 aromatic carbocycles. The number of nitrogens with one attached hydrogen (secondary N) is 1. The van der Waals surface area contributed by atoms with Crippen LogP contribution in [-0.4, -0.2) is 71.2 Å². The number of amides is 2. The number of hydrogen-bond donors (Lipinski definition) is 2. The lowest BCUT2D eigenvalue weighted by Crippen LogP contribution is -2.47. The van der Waals surface area contributed by atoms with Gasteiger partial charge in [-0.15, -0.1) is 0 Å². The van der Waals surface area contributed by atoms with Crippen molar-refractivity contribution < 1.29 is 14.3 Å². The third-order valence-electron chi connectivity index (χ3n) is 6.79. The number of carbonyl (C=O) groups is 2. The fraction of sp³-hybridized carbons (Fsp3) is 0.500. The van der Waals surface area contributed by atoms with Crippen LogP contribution in [0.25, 0.3) is 0 Å². The summed E-state index contributed by atoms with van der Waals surface area (Å²) in [4.78, 5) is 36.6. The molecule has 10 nitrogen and oxygen atoms in total. The van der Waals surface area contributed by atoms with Crippen molar-refractivity contribution >= 4 is 24.0 Å². The Hall–Kier alpha value is -3.40. The van der Waals surface area contributed by atoms with E-state index in [9.17, 15) is 9.59 Å². The zero-order valence-electron chi connectivity index (χ0n) is 19.3. The summed E-state index contributed by atoms with van der Waals surface area (Å²) in [5, 5.41) is 1.95. The first kappa shape index (κ1) is 22.4. The van der Waals surface area contributed by atoms with E-state index >= 15 is 0 Å². The van der Waals surface area contributed by atoms with Crippen molar-refractivity contribution in [2.75, 3.05) is 26.4 Å². The summed E-state index contributed by atoms with van der Waals surface area (Å²) in [6.45, 7) is 3.28. The van der Waals surface area contributed by atoms with Gasteiger partial charge in [-0.1, -0.05) is 12.1 Å². The number of carbonyl (C=O) groups excluding carboxylic acids is 2. The van der Waals surface area contributed by atoms with Crippen molar-refractivity contribution in [2.45, 2.75) is 51.1 Å². The van der Waals surface area contributed by atoms with E-state index in [1.54, 1.807) is 6.21 Å². The van der Waals surface area contributed by atoms with Crippen molar-refractivity contribution in [3.63, 3.8) is 0 Å². The molecule has 4 heterocycles. The molecule has 1 fully saturated rings. The van der Waals surface area contributed by atoms with Crippen LogP contribution in [0.1, 0.15) is 43.2 Å². The number of aliphatic imine (C=N–C) groups is 2. The summed E-state index contributed by atoms with van der Waals surface area (Å²) < 4.78 is 6.39. The molecule has 5 rings (SSSR count). The zero-order chi connectivity index (χ0) is 23.5. The van der Waals surface area contributed by atoms with Crippen molar-refractivity contribution in [2.24, 2.45) is 15.7 Å². The first-order valence-corrected chi connectivity index (χ1v) is 12.0. The lowest BCUT2D eigenvalue weighted by Gasteiger charge is -2.35. The van der Waals surface area contributed by atoms with Crippen molar-refractivity contribution in [3.8, 4) is 5.75 Å². The summed E-state index contributed by atoms with van der Waals surface area (Å²) in [5.74, 6) is 2.29. The molecule has 2 amide bonds. The van der Waals surface area contributed by atoms with E-state index in [1.807, 2.05) is 28.1 Å².